The zero-order chi connectivity index (χ0) is 29.8. The molecule has 0 aliphatic heterocycles. The predicted molar refractivity (Wildman–Crippen MR) is 206 cm³/mol. The Balaban J connectivity index is 0.000000753. The zero-order valence-electron chi connectivity index (χ0n) is 28.6. The van der Waals surface area contributed by atoms with Crippen molar-refractivity contribution in [3.8, 4) is 22.3 Å². The molecule has 2 radical (unpaired) electrons. The van der Waals surface area contributed by atoms with Gasteiger partial charge in [0.25, 0.3) is 0 Å². The van der Waals surface area contributed by atoms with Crippen LogP contribution in [-0.2, 0) is 23.3 Å². The van der Waals surface area contributed by atoms with Gasteiger partial charge in [0.1, 0.15) is 0 Å². The van der Waals surface area contributed by atoms with Crippen LogP contribution >= 0.6 is 24.8 Å². The second-order valence-corrected chi connectivity index (χ2v) is 11.6. The topological polar surface area (TPSA) is 0 Å². The summed E-state index contributed by atoms with van der Waals surface area (Å²) in [5.74, 6) is 0.577. The molecule has 0 N–H and O–H groups in total. The Kier molecular flexibility index (Phi) is 17.9. The molecule has 0 unspecified atom stereocenters. The molecule has 0 fully saturated rings. The van der Waals surface area contributed by atoms with Crippen LogP contribution < -0.4 is 0 Å². The van der Waals surface area contributed by atoms with Gasteiger partial charge in [0, 0.05) is 0 Å². The van der Waals surface area contributed by atoms with Gasteiger partial charge in [-0.2, -0.15) is 12.1 Å². The molecule has 238 valence electrons. The molecule has 45 heavy (non-hydrogen) atoms. The molecular formula is C41H48Cl2SiZr-4. The van der Waals surface area contributed by atoms with Gasteiger partial charge in [0.2, 0.25) is 0 Å². The Morgan fingerprint density at radius 3 is 1.51 bits per heavy atom. The van der Waals surface area contributed by atoms with E-state index in [1.165, 1.54) is 106 Å². The van der Waals surface area contributed by atoms with Gasteiger partial charge in [0.15, 0.2) is 0 Å². The van der Waals surface area contributed by atoms with E-state index < -0.39 is 0 Å². The fourth-order valence-corrected chi connectivity index (χ4v) is 6.10. The Bertz CT molecular complexity index is 1780. The van der Waals surface area contributed by atoms with E-state index >= 15 is 0 Å². The summed E-state index contributed by atoms with van der Waals surface area (Å²) in [6.45, 7) is 20.7. The first-order chi connectivity index (χ1) is 19.7. The van der Waals surface area contributed by atoms with Crippen molar-refractivity contribution in [3.05, 3.63) is 145 Å². The molecule has 0 amide bonds. The Morgan fingerprint density at radius 2 is 1.02 bits per heavy atom. The first-order valence-corrected chi connectivity index (χ1v) is 18.6. The van der Waals surface area contributed by atoms with E-state index in [-0.39, 0.29) is 39.7 Å². The molecule has 0 saturated heterocycles. The molecule has 0 heterocycles. The Hall–Kier alpha value is -2.22. The number of hydrogen-bond donors (Lipinski definition) is 0. The normalized spacial score (nSPS) is 9.87. The number of aryl methyl sites for hydroxylation is 6. The predicted octanol–water partition coefficient (Wildman–Crippen LogP) is 12.8. The summed E-state index contributed by atoms with van der Waals surface area (Å²) in [6, 6.07) is 33.5. The molecule has 0 atom stereocenters. The monoisotopic (exact) mass is 728 g/mol. The van der Waals surface area contributed by atoms with E-state index in [0.717, 1.165) is 0 Å². The molecule has 0 nitrogen and oxygen atoms in total. The van der Waals surface area contributed by atoms with Crippen LogP contribution in [0.15, 0.2) is 91.0 Å². The number of benzene rings is 4. The SMILES string of the molecule is Cc1cc2c(-c3c(C)cccc3C)ccc(C)c2[cH-]1.Cc1cccc(C)c1-c1cccc2[cH-]c(C(C)C)cc12.Cl.Cl.[CH3-].[CH3-].[Si]=[Zr]. The van der Waals surface area contributed by atoms with Crippen molar-refractivity contribution >= 4 is 53.2 Å². The molecule has 0 bridgehead atoms. The average Bonchev–Trinajstić information content (AvgIpc) is 3.56. The van der Waals surface area contributed by atoms with Crippen LogP contribution in [0.2, 0.25) is 0 Å². The molecule has 4 heteroatoms. The molecule has 0 spiro atoms. The summed E-state index contributed by atoms with van der Waals surface area (Å²) in [7, 11) is 0. The molecule has 0 saturated carbocycles. The van der Waals surface area contributed by atoms with Gasteiger partial charge in [-0.25, -0.2) is 0 Å². The van der Waals surface area contributed by atoms with Crippen LogP contribution in [0.25, 0.3) is 43.8 Å². The summed E-state index contributed by atoms with van der Waals surface area (Å²) in [5, 5.41) is 5.51. The quantitative estimate of drug-likeness (QED) is 0.126. The van der Waals surface area contributed by atoms with Crippen LogP contribution in [0.1, 0.15) is 58.7 Å². The third-order valence-electron chi connectivity index (χ3n) is 8.19. The molecule has 0 aliphatic rings. The van der Waals surface area contributed by atoms with Gasteiger partial charge < -0.3 is 14.9 Å². The maximum absolute atomic E-state index is 3.06. The molecule has 0 aliphatic carbocycles. The molecule has 6 rings (SSSR count). The van der Waals surface area contributed by atoms with Crippen molar-refractivity contribution in [3.63, 3.8) is 0 Å². The van der Waals surface area contributed by atoms with Gasteiger partial charge in [-0.3, -0.25) is 0 Å². The minimum atomic E-state index is 0. The summed E-state index contributed by atoms with van der Waals surface area (Å²) in [5.41, 5.74) is 15.0. The van der Waals surface area contributed by atoms with E-state index in [4.69, 9.17) is 0 Å². The van der Waals surface area contributed by atoms with Crippen molar-refractivity contribution in [2.24, 2.45) is 0 Å². The van der Waals surface area contributed by atoms with Crippen LogP contribution in [0.5, 0.6) is 0 Å². The van der Waals surface area contributed by atoms with E-state index in [2.05, 4.69) is 153 Å². The van der Waals surface area contributed by atoms with Crippen molar-refractivity contribution in [1.29, 1.82) is 0 Å². The van der Waals surface area contributed by atoms with E-state index in [1.807, 2.05) is 0 Å². The van der Waals surface area contributed by atoms with Gasteiger partial charge >= 0.3 is 30.2 Å². The fourth-order valence-electron chi connectivity index (χ4n) is 6.10. The first kappa shape index (κ1) is 42.8. The number of halogens is 2. The van der Waals surface area contributed by atoms with Crippen LogP contribution in [0.3, 0.4) is 0 Å². The molecular weight excluding hydrogens is 683 g/mol. The first-order valence-electron chi connectivity index (χ1n) is 14.4. The van der Waals surface area contributed by atoms with E-state index in [9.17, 15) is 0 Å². The second kappa shape index (κ2) is 18.8. The zero-order valence-corrected chi connectivity index (χ0v) is 33.6. The third kappa shape index (κ3) is 9.20. The van der Waals surface area contributed by atoms with E-state index in [0.29, 0.717) is 5.92 Å². The Morgan fingerprint density at radius 1 is 0.556 bits per heavy atom. The van der Waals surface area contributed by atoms with E-state index in [1.54, 1.807) is 0 Å². The molecule has 0 aromatic heterocycles. The van der Waals surface area contributed by atoms with Gasteiger partial charge in [-0.15, -0.1) is 93.4 Å². The molecule has 6 aromatic carbocycles. The van der Waals surface area contributed by atoms with Crippen molar-refractivity contribution < 1.29 is 23.3 Å². The van der Waals surface area contributed by atoms with Crippen LogP contribution in [-0.4, -0.2) is 6.88 Å². The minimum absolute atomic E-state index is 0. The van der Waals surface area contributed by atoms with Crippen molar-refractivity contribution in [2.75, 3.05) is 0 Å². The van der Waals surface area contributed by atoms with Gasteiger partial charge in [0.05, 0.1) is 0 Å². The molecule has 6 aromatic rings. The van der Waals surface area contributed by atoms with Gasteiger partial charge in [-0.1, -0.05) is 87.4 Å². The Labute approximate surface area is 302 Å². The number of hydrogen-bond acceptors (Lipinski definition) is 0. The fraction of sp³-hybridized carbons (Fsp3) is 0.220. The van der Waals surface area contributed by atoms with Crippen molar-refractivity contribution in [2.45, 2.75) is 61.3 Å². The summed E-state index contributed by atoms with van der Waals surface area (Å²) >= 11 is 1.36. The van der Waals surface area contributed by atoms with Crippen LogP contribution in [0.4, 0.5) is 0 Å². The summed E-state index contributed by atoms with van der Waals surface area (Å²) < 4.78 is 0. The number of fused-ring (bicyclic) bond motifs is 2. The van der Waals surface area contributed by atoms with Crippen molar-refractivity contribution in [1.82, 2.24) is 0 Å². The van der Waals surface area contributed by atoms with Crippen LogP contribution in [0, 0.1) is 56.4 Å². The standard InChI is InChI=1S/C20H21.C19H19.2CH3.2ClH.Si.Zr/c1-13(2)17-11-16-9-6-10-18(19(16)12-17)20-14(3)7-5-8-15(20)4;1-12-10-17-13(2)8-9-16(18(17)11-12)19-14(3)6-5-7-15(19)4;;;;;;/h5-13H,1-4H3;5-11H,1-4H3;2*1H3;2*1H;;/q4*-1;;;;. The second-order valence-electron chi connectivity index (χ2n) is 11.6. The van der Waals surface area contributed by atoms with Gasteiger partial charge in [-0.05, 0) is 67.0 Å². The number of rotatable bonds is 3. The summed E-state index contributed by atoms with van der Waals surface area (Å²) in [6.07, 6.45) is 0. The third-order valence-corrected chi connectivity index (χ3v) is 8.19. The average molecular weight is 731 g/mol. The summed E-state index contributed by atoms with van der Waals surface area (Å²) in [4.78, 5) is 0. The maximum atomic E-state index is 3.06.